The van der Waals surface area contributed by atoms with Gasteiger partial charge in [0.25, 0.3) is 5.91 Å². The molecule has 3 amide bonds. The number of anilines is 1. The third-order valence-corrected chi connectivity index (χ3v) is 6.65. The minimum absolute atomic E-state index is 0.0698. The number of methoxy groups -OCH3 is 1. The number of ether oxygens (including phenoxy) is 1. The maximum atomic E-state index is 13.2. The van der Waals surface area contributed by atoms with Gasteiger partial charge < -0.3 is 42.2 Å². The summed E-state index contributed by atoms with van der Waals surface area (Å²) in [6.45, 7) is 4.37. The Labute approximate surface area is 222 Å². The lowest BCUT2D eigenvalue weighted by molar-refractivity contribution is -0.140. The Morgan fingerprint density at radius 2 is 2.00 bits per heavy atom. The van der Waals surface area contributed by atoms with Gasteiger partial charge in [-0.15, -0.1) is 0 Å². The number of nitrogens with one attached hydrogen (secondary N) is 4. The van der Waals surface area contributed by atoms with Gasteiger partial charge in [0.2, 0.25) is 11.8 Å². The van der Waals surface area contributed by atoms with Crippen LogP contribution in [0.5, 0.6) is 5.75 Å². The summed E-state index contributed by atoms with van der Waals surface area (Å²) in [4.78, 5) is 52.2. The van der Waals surface area contributed by atoms with Gasteiger partial charge in [0, 0.05) is 13.1 Å². The molecule has 38 heavy (non-hydrogen) atoms. The monoisotopic (exact) mass is 533 g/mol. The van der Waals surface area contributed by atoms with Crippen LogP contribution in [0, 0.1) is 11.3 Å². The van der Waals surface area contributed by atoms with Crippen molar-refractivity contribution in [3.8, 4) is 5.75 Å². The molecule has 0 saturated carbocycles. The van der Waals surface area contributed by atoms with Gasteiger partial charge in [-0.2, -0.15) is 0 Å². The van der Waals surface area contributed by atoms with Crippen LogP contribution < -0.4 is 32.2 Å². The number of benzene rings is 1. The zero-order chi connectivity index (χ0) is 28.4. The number of rotatable bonds is 13. The average molecular weight is 534 g/mol. The predicted molar refractivity (Wildman–Crippen MR) is 142 cm³/mol. The van der Waals surface area contributed by atoms with Gasteiger partial charge in [-0.1, -0.05) is 26.3 Å². The van der Waals surface area contributed by atoms with E-state index < -0.39 is 35.9 Å². The fourth-order valence-corrected chi connectivity index (χ4v) is 4.34. The third-order valence-electron chi connectivity index (χ3n) is 6.65. The van der Waals surface area contributed by atoms with E-state index in [1.165, 1.54) is 18.1 Å². The van der Waals surface area contributed by atoms with Gasteiger partial charge in [-0.3, -0.25) is 19.8 Å². The number of guanidine groups is 1. The molecule has 4 atom stereocenters. The highest BCUT2D eigenvalue weighted by atomic mass is 16.5. The molecule has 0 spiro atoms. The van der Waals surface area contributed by atoms with Gasteiger partial charge in [-0.05, 0) is 43.7 Å². The van der Waals surface area contributed by atoms with Crippen molar-refractivity contribution in [2.75, 3.05) is 25.5 Å². The fraction of sp³-hybridized carbons (Fsp3) is 0.560. The van der Waals surface area contributed by atoms with E-state index in [2.05, 4.69) is 16.0 Å². The summed E-state index contributed by atoms with van der Waals surface area (Å²) in [6.07, 6.45) is 2.54. The second kappa shape index (κ2) is 14.2. The molecule has 4 unspecified atom stereocenters. The van der Waals surface area contributed by atoms with Crippen LogP contribution in [-0.2, 0) is 14.4 Å². The molecule has 0 aliphatic carbocycles. The van der Waals surface area contributed by atoms with E-state index in [0.717, 1.165) is 0 Å². The summed E-state index contributed by atoms with van der Waals surface area (Å²) in [6, 6.07) is 1.96. The first-order valence-corrected chi connectivity index (χ1v) is 12.7. The van der Waals surface area contributed by atoms with Crippen LogP contribution in [-0.4, -0.2) is 78.0 Å². The zero-order valence-electron chi connectivity index (χ0n) is 22.1. The van der Waals surface area contributed by atoms with E-state index in [1.54, 1.807) is 19.1 Å². The number of carboxylic acid groups (broad SMARTS) is 1. The molecule has 1 saturated heterocycles. The SMILES string of the molecule is CCC(C)C(NC(=O)c1cccc(NC(=O)C2CCCN2C(=O)C(N)CCCNC(=N)N)c1OC)C(=O)O. The molecular formula is C25H39N7O6. The highest BCUT2D eigenvalue weighted by molar-refractivity contribution is 6.04. The predicted octanol–water partition coefficient (Wildman–Crippen LogP) is 0.444. The van der Waals surface area contributed by atoms with E-state index in [4.69, 9.17) is 21.6 Å². The van der Waals surface area contributed by atoms with Crippen molar-refractivity contribution in [1.82, 2.24) is 15.5 Å². The Kier molecular flexibility index (Phi) is 11.3. The van der Waals surface area contributed by atoms with E-state index in [0.29, 0.717) is 45.2 Å². The largest absolute Gasteiger partial charge is 0.494 e. The number of nitrogens with zero attached hydrogens (tertiary/aromatic N) is 1. The molecular weight excluding hydrogens is 494 g/mol. The maximum Gasteiger partial charge on any atom is 0.326 e. The number of nitrogens with two attached hydrogens (primary N) is 2. The van der Waals surface area contributed by atoms with E-state index in [9.17, 15) is 24.3 Å². The fourth-order valence-electron chi connectivity index (χ4n) is 4.34. The molecule has 0 radical (unpaired) electrons. The number of hydrogen-bond acceptors (Lipinski definition) is 7. The minimum atomic E-state index is -1.14. The number of amides is 3. The Bertz CT molecular complexity index is 1030. The highest BCUT2D eigenvalue weighted by Crippen LogP contribution is 2.30. The highest BCUT2D eigenvalue weighted by Gasteiger charge is 2.36. The molecule has 0 aromatic heterocycles. The van der Waals surface area contributed by atoms with Crippen LogP contribution >= 0.6 is 0 Å². The Balaban J connectivity index is 2.13. The standard InChI is InChI=1S/C25H39N7O6/c1-4-14(2)19(24(36)37)31-21(33)15-8-5-10-17(20(15)38-3)30-22(34)18-11-7-13-32(18)23(35)16(26)9-6-12-29-25(27)28/h5,8,10,14,16,18-19H,4,6-7,9,11-13,26H2,1-3H3,(H,30,34)(H,31,33)(H,36,37)(H4,27,28,29). The summed E-state index contributed by atoms with van der Waals surface area (Å²) in [5.41, 5.74) is 11.6. The van der Waals surface area contributed by atoms with Gasteiger partial charge in [-0.25, -0.2) is 4.79 Å². The van der Waals surface area contributed by atoms with E-state index in [1.807, 2.05) is 6.92 Å². The van der Waals surface area contributed by atoms with Crippen LogP contribution in [0.4, 0.5) is 5.69 Å². The minimum Gasteiger partial charge on any atom is -0.494 e. The lowest BCUT2D eigenvalue weighted by Crippen LogP contribution is -2.50. The molecule has 1 heterocycles. The van der Waals surface area contributed by atoms with Crippen molar-refractivity contribution < 1.29 is 29.0 Å². The molecule has 1 aliphatic heterocycles. The topological polar surface area (TPSA) is 213 Å². The van der Waals surface area contributed by atoms with Gasteiger partial charge in [0.05, 0.1) is 24.4 Å². The first kappa shape index (κ1) is 30.4. The molecule has 1 aromatic rings. The molecule has 1 fully saturated rings. The Hall–Kier alpha value is -3.87. The number of para-hydroxylation sites is 1. The summed E-state index contributed by atoms with van der Waals surface area (Å²) in [5, 5.41) is 24.6. The summed E-state index contributed by atoms with van der Waals surface area (Å²) < 4.78 is 5.42. The molecule has 13 nitrogen and oxygen atoms in total. The summed E-state index contributed by atoms with van der Waals surface area (Å²) >= 11 is 0. The quantitative estimate of drug-likeness (QED) is 0.106. The van der Waals surface area contributed by atoms with Crippen molar-refractivity contribution >= 4 is 35.3 Å². The number of carbonyl (C=O) groups excluding carboxylic acids is 3. The molecule has 0 bridgehead atoms. The van der Waals surface area contributed by atoms with Gasteiger partial charge >= 0.3 is 5.97 Å². The number of hydrogen-bond donors (Lipinski definition) is 7. The van der Waals surface area contributed by atoms with Crippen molar-refractivity contribution in [2.24, 2.45) is 17.4 Å². The van der Waals surface area contributed by atoms with E-state index in [-0.39, 0.29) is 34.8 Å². The van der Waals surface area contributed by atoms with Crippen molar-refractivity contribution in [3.63, 3.8) is 0 Å². The lowest BCUT2D eigenvalue weighted by Gasteiger charge is -2.27. The first-order chi connectivity index (χ1) is 18.0. The van der Waals surface area contributed by atoms with Crippen molar-refractivity contribution in [3.05, 3.63) is 23.8 Å². The Morgan fingerprint density at radius 3 is 2.61 bits per heavy atom. The third kappa shape index (κ3) is 7.81. The van der Waals surface area contributed by atoms with Crippen LogP contribution in [0.15, 0.2) is 18.2 Å². The summed E-state index contributed by atoms with van der Waals surface area (Å²) in [5.74, 6) is -2.94. The van der Waals surface area contributed by atoms with Crippen LogP contribution in [0.25, 0.3) is 0 Å². The molecule has 2 rings (SSSR count). The number of carboxylic acids is 1. The number of likely N-dealkylation sites (tertiary alicyclic amines) is 1. The second-order valence-corrected chi connectivity index (χ2v) is 9.33. The number of carbonyl (C=O) groups is 4. The average Bonchev–Trinajstić information content (AvgIpc) is 3.38. The molecule has 13 heteroatoms. The van der Waals surface area contributed by atoms with E-state index >= 15 is 0 Å². The first-order valence-electron chi connectivity index (χ1n) is 12.7. The smallest absolute Gasteiger partial charge is 0.326 e. The molecule has 1 aliphatic rings. The second-order valence-electron chi connectivity index (χ2n) is 9.33. The van der Waals surface area contributed by atoms with Crippen LogP contribution in [0.1, 0.15) is 56.3 Å². The van der Waals surface area contributed by atoms with Gasteiger partial charge in [0.15, 0.2) is 11.7 Å². The normalized spacial score (nSPS) is 17.2. The molecule has 210 valence electrons. The van der Waals surface area contributed by atoms with Crippen molar-refractivity contribution in [1.29, 1.82) is 5.41 Å². The van der Waals surface area contributed by atoms with Crippen LogP contribution in [0.2, 0.25) is 0 Å². The summed E-state index contributed by atoms with van der Waals surface area (Å²) in [7, 11) is 1.34. The van der Waals surface area contributed by atoms with Gasteiger partial charge in [0.1, 0.15) is 12.1 Å². The number of aliphatic carboxylic acids is 1. The maximum absolute atomic E-state index is 13.2. The molecule has 1 aromatic carbocycles. The Morgan fingerprint density at radius 1 is 1.29 bits per heavy atom. The van der Waals surface area contributed by atoms with Crippen LogP contribution in [0.3, 0.4) is 0 Å². The van der Waals surface area contributed by atoms with Crippen molar-refractivity contribution in [2.45, 2.75) is 64.1 Å². The zero-order valence-corrected chi connectivity index (χ0v) is 22.1. The molecule has 9 N–H and O–H groups in total. The lowest BCUT2D eigenvalue weighted by atomic mass is 9.98.